The summed E-state index contributed by atoms with van der Waals surface area (Å²) in [7, 11) is 0. The summed E-state index contributed by atoms with van der Waals surface area (Å²) in [6.07, 6.45) is 3.76. The van der Waals surface area contributed by atoms with E-state index in [9.17, 15) is 0 Å². The van der Waals surface area contributed by atoms with E-state index >= 15 is 0 Å². The monoisotopic (exact) mass is 69.0 g/mol. The van der Waals surface area contributed by atoms with Gasteiger partial charge in [0.1, 0.15) is 6.33 Å². The van der Waals surface area contributed by atoms with Crippen LogP contribution in [-0.2, 0) is 0 Å². The Kier molecular flexibility index (Phi) is 0.400. The highest BCUT2D eigenvalue weighted by Crippen LogP contribution is 1.51. The molecule has 1 rings (SSSR count). The normalized spacial score (nSPS) is 8.00. The van der Waals surface area contributed by atoms with Crippen LogP contribution in [-0.4, -0.2) is 15.2 Å². The summed E-state index contributed by atoms with van der Waals surface area (Å²) < 4.78 is 0. The van der Waals surface area contributed by atoms with Crippen LogP contribution in [0.25, 0.3) is 0 Å². The Morgan fingerprint density at radius 2 is 3.00 bits per heavy atom. The molecule has 1 radical (unpaired) electrons. The third-order valence-electron chi connectivity index (χ3n) is 0.295. The number of aromatic amines is 1. The average molecular weight is 69.1 g/mol. The van der Waals surface area contributed by atoms with E-state index in [1.165, 1.54) is 6.33 Å². The van der Waals surface area contributed by atoms with E-state index in [0.717, 1.165) is 0 Å². The molecule has 1 aromatic heterocycles. The zero-order valence-electron chi connectivity index (χ0n) is 3.47. The highest BCUT2D eigenvalue weighted by atomic mass is 15.2. The summed E-state index contributed by atoms with van der Waals surface area (Å²) >= 11 is 0. The topological polar surface area (TPSA) is 41.6 Å². The predicted octanol–water partition coefficient (Wildman–Crippen LogP) is -0.283. The number of nitrogens with zero attached hydrogens (tertiary/aromatic N) is 2. The fraction of sp³-hybridized carbons (Fsp3) is 0. The number of nitrogens with one attached hydrogen (secondary N) is 1. The molecular weight excluding hydrogens is 66.0 g/mol. The van der Waals surface area contributed by atoms with Gasteiger partial charge in [0, 0.05) is 0 Å². The second-order valence-corrected chi connectivity index (χ2v) is 0.599. The first kappa shape index (κ1) is 2.38. The Morgan fingerprint density at radius 1 is 2.00 bits per heavy atom. The summed E-state index contributed by atoms with van der Waals surface area (Å²) in [6, 6.07) is 0. The highest BCUT2D eigenvalue weighted by Gasteiger charge is 1.59. The van der Waals surface area contributed by atoms with Gasteiger partial charge >= 0.3 is 1.43 Å². The fourth-order valence-electron chi connectivity index (χ4n) is 0.144. The van der Waals surface area contributed by atoms with Crippen molar-refractivity contribution in [1.29, 1.82) is 0 Å². The molecule has 0 saturated carbocycles. The predicted molar refractivity (Wildman–Crippen MR) is 16.3 cm³/mol. The van der Waals surface area contributed by atoms with Crippen molar-refractivity contribution in [3.05, 3.63) is 12.7 Å². The first-order valence-electron chi connectivity index (χ1n) is 1.22. The minimum atomic E-state index is 0. The molecule has 0 spiro atoms. The average Bonchev–Trinajstić information content (AvgIpc) is 1.76. The molecule has 3 heteroatoms. The van der Waals surface area contributed by atoms with E-state index in [-0.39, 0.29) is 1.43 Å². The van der Waals surface area contributed by atoms with Crippen LogP contribution in [0.15, 0.2) is 6.33 Å². The fourth-order valence-corrected chi connectivity index (χ4v) is 0.144. The lowest BCUT2D eigenvalue weighted by Crippen LogP contribution is -1.54. The van der Waals surface area contributed by atoms with Gasteiger partial charge < -0.3 is 0 Å². The molecule has 1 aromatic rings. The van der Waals surface area contributed by atoms with E-state index < -0.39 is 0 Å². The Morgan fingerprint density at radius 3 is 3.20 bits per heavy atom. The van der Waals surface area contributed by atoms with Crippen LogP contribution in [0.1, 0.15) is 1.43 Å². The second-order valence-electron chi connectivity index (χ2n) is 0.599. The Labute approximate surface area is 30.5 Å². The molecular formula is C2H3N3+. The minimum Gasteiger partial charge on any atom is -0.265 e. The number of aromatic nitrogens is 3. The van der Waals surface area contributed by atoms with Crippen LogP contribution in [0.5, 0.6) is 0 Å². The molecule has 0 aromatic carbocycles. The molecule has 0 fully saturated rings. The van der Waals surface area contributed by atoms with E-state index in [1.807, 2.05) is 0 Å². The molecule has 0 aliphatic heterocycles. The summed E-state index contributed by atoms with van der Waals surface area (Å²) in [5.41, 5.74) is 0. The third-order valence-corrected chi connectivity index (χ3v) is 0.295. The van der Waals surface area contributed by atoms with Crippen molar-refractivity contribution >= 4 is 0 Å². The van der Waals surface area contributed by atoms with Crippen LogP contribution in [0, 0.1) is 6.33 Å². The van der Waals surface area contributed by atoms with Gasteiger partial charge in [-0.15, -0.1) is 0 Å². The largest absolute Gasteiger partial charge is 1.00 e. The lowest BCUT2D eigenvalue weighted by molar-refractivity contribution is 1.08. The van der Waals surface area contributed by atoms with Crippen molar-refractivity contribution in [2.75, 3.05) is 0 Å². The van der Waals surface area contributed by atoms with Crippen molar-refractivity contribution in [2.45, 2.75) is 0 Å². The smallest absolute Gasteiger partial charge is 0.265 e. The van der Waals surface area contributed by atoms with Crippen molar-refractivity contribution in [3.8, 4) is 0 Å². The molecule has 0 aliphatic rings. The highest BCUT2D eigenvalue weighted by molar-refractivity contribution is 4.40. The van der Waals surface area contributed by atoms with E-state index in [4.69, 9.17) is 0 Å². The Bertz CT molecular complexity index is 65.3. The molecule has 3 nitrogen and oxygen atoms in total. The molecule has 25 valence electrons. The van der Waals surface area contributed by atoms with Gasteiger partial charge in [-0.2, -0.15) is 5.10 Å². The van der Waals surface area contributed by atoms with Crippen LogP contribution < -0.4 is 0 Å². The molecule has 5 heavy (non-hydrogen) atoms. The maximum Gasteiger partial charge on any atom is 1.00 e. The van der Waals surface area contributed by atoms with Gasteiger partial charge in [0.15, 0.2) is 0 Å². The number of hydrogen-bond acceptors (Lipinski definition) is 2. The molecule has 1 heterocycles. The van der Waals surface area contributed by atoms with E-state index in [0.29, 0.717) is 0 Å². The van der Waals surface area contributed by atoms with Gasteiger partial charge in [-0.25, -0.2) is 4.98 Å². The number of rotatable bonds is 0. The quantitative estimate of drug-likeness (QED) is 0.455. The standard InChI is InChI=1S/C2H2N3/c1-3-2-5-4-1/h1H,(H,3,4,5)/p+1. The van der Waals surface area contributed by atoms with Crippen LogP contribution in [0.3, 0.4) is 0 Å². The molecule has 0 amide bonds. The van der Waals surface area contributed by atoms with E-state index in [1.54, 1.807) is 0 Å². The van der Waals surface area contributed by atoms with Gasteiger partial charge in [-0.05, 0) is 0 Å². The van der Waals surface area contributed by atoms with Crippen molar-refractivity contribution in [1.82, 2.24) is 15.2 Å². The van der Waals surface area contributed by atoms with Gasteiger partial charge in [-0.3, -0.25) is 5.10 Å². The van der Waals surface area contributed by atoms with E-state index in [2.05, 4.69) is 21.5 Å². The number of H-pyrrole nitrogens is 1. The zero-order valence-corrected chi connectivity index (χ0v) is 2.47. The maximum atomic E-state index is 3.43. The Balaban J connectivity index is 0.000000250. The van der Waals surface area contributed by atoms with Crippen molar-refractivity contribution in [3.63, 3.8) is 0 Å². The first-order valence-corrected chi connectivity index (χ1v) is 1.22. The summed E-state index contributed by atoms with van der Waals surface area (Å²) in [4.78, 5) is 3.43. The second kappa shape index (κ2) is 0.839. The molecule has 0 bridgehead atoms. The summed E-state index contributed by atoms with van der Waals surface area (Å²) in [5.74, 6) is 0. The molecule has 0 aliphatic carbocycles. The molecule has 0 atom stereocenters. The van der Waals surface area contributed by atoms with Crippen LogP contribution >= 0.6 is 0 Å². The Hall–Kier alpha value is -0.860. The minimum absolute atomic E-state index is 0. The lowest BCUT2D eigenvalue weighted by Gasteiger charge is -1.45. The van der Waals surface area contributed by atoms with Gasteiger partial charge in [0.05, 0.1) is 0 Å². The SMILES string of the molecule is [H+].[c]1nc[nH]n1. The molecule has 0 unspecified atom stereocenters. The number of hydrogen-bond donors (Lipinski definition) is 1. The lowest BCUT2D eigenvalue weighted by atomic mass is 11.3. The molecule has 0 saturated heterocycles. The van der Waals surface area contributed by atoms with Gasteiger partial charge in [0.25, 0.3) is 0 Å². The van der Waals surface area contributed by atoms with Crippen LogP contribution in [0.4, 0.5) is 0 Å². The maximum absolute atomic E-state index is 3.43. The third kappa shape index (κ3) is 0.238. The summed E-state index contributed by atoms with van der Waals surface area (Å²) in [6.45, 7) is 0. The van der Waals surface area contributed by atoms with Crippen LogP contribution in [0.2, 0.25) is 0 Å². The molecule has 1 N–H and O–H groups in total. The first-order chi connectivity index (χ1) is 2.50. The van der Waals surface area contributed by atoms with Crippen molar-refractivity contribution in [2.24, 2.45) is 0 Å². The summed E-state index contributed by atoms with van der Waals surface area (Å²) in [5, 5.41) is 5.81. The van der Waals surface area contributed by atoms with Gasteiger partial charge in [-0.1, -0.05) is 0 Å². The van der Waals surface area contributed by atoms with Crippen molar-refractivity contribution < 1.29 is 1.43 Å². The zero-order chi connectivity index (χ0) is 3.54. The van der Waals surface area contributed by atoms with Gasteiger partial charge in [0.2, 0.25) is 6.33 Å².